The number of rotatable bonds is 4. The molecule has 0 fully saturated rings. The fourth-order valence-electron chi connectivity index (χ4n) is 1.46. The van der Waals surface area contributed by atoms with Crippen LogP contribution in [-0.4, -0.2) is 16.1 Å². The maximum atomic E-state index is 10.7. The summed E-state index contributed by atoms with van der Waals surface area (Å²) in [6.07, 6.45) is 1.48. The molecule has 2 aromatic rings. The van der Waals surface area contributed by atoms with Crippen LogP contribution in [0.2, 0.25) is 0 Å². The quantitative estimate of drug-likeness (QED) is 0.843. The summed E-state index contributed by atoms with van der Waals surface area (Å²) in [4.78, 5) is 14.5. The van der Waals surface area contributed by atoms with E-state index in [0.717, 1.165) is 11.3 Å². The summed E-state index contributed by atoms with van der Waals surface area (Å²) < 4.78 is 0. The van der Waals surface area contributed by atoms with E-state index < -0.39 is 5.97 Å². The molecule has 0 spiro atoms. The maximum Gasteiger partial charge on any atom is 0.354 e. The molecule has 0 bridgehead atoms. The van der Waals surface area contributed by atoms with Gasteiger partial charge in [0.25, 0.3) is 0 Å². The second-order valence-electron chi connectivity index (χ2n) is 3.57. The lowest BCUT2D eigenvalue weighted by Gasteiger charge is -2.06. The van der Waals surface area contributed by atoms with Crippen molar-refractivity contribution in [3.05, 3.63) is 59.9 Å². The molecule has 0 atom stereocenters. The van der Waals surface area contributed by atoms with Crippen LogP contribution in [0, 0.1) is 0 Å². The van der Waals surface area contributed by atoms with Crippen molar-refractivity contribution in [2.45, 2.75) is 6.54 Å². The molecule has 0 aliphatic carbocycles. The Kier molecular flexibility index (Phi) is 3.35. The highest BCUT2D eigenvalue weighted by Crippen LogP contribution is 2.10. The second kappa shape index (κ2) is 5.12. The lowest BCUT2D eigenvalue weighted by atomic mass is 10.2. The predicted octanol–water partition coefficient (Wildman–Crippen LogP) is 2.39. The minimum Gasteiger partial charge on any atom is -0.477 e. The molecule has 0 aliphatic rings. The van der Waals surface area contributed by atoms with Crippen LogP contribution in [0.5, 0.6) is 0 Å². The number of pyridine rings is 1. The molecule has 0 saturated carbocycles. The third-order valence-electron chi connectivity index (χ3n) is 2.32. The second-order valence-corrected chi connectivity index (χ2v) is 3.57. The average Bonchev–Trinajstić information content (AvgIpc) is 2.38. The Labute approximate surface area is 98.9 Å². The summed E-state index contributed by atoms with van der Waals surface area (Å²) in [5.41, 5.74) is 1.94. The van der Waals surface area contributed by atoms with Gasteiger partial charge in [0, 0.05) is 18.4 Å². The Hall–Kier alpha value is -2.36. The molecule has 0 radical (unpaired) electrons. The molecule has 0 amide bonds. The largest absolute Gasteiger partial charge is 0.477 e. The normalized spacial score (nSPS) is 9.88. The minimum atomic E-state index is -1.02. The van der Waals surface area contributed by atoms with Gasteiger partial charge < -0.3 is 10.4 Å². The van der Waals surface area contributed by atoms with E-state index in [1.165, 1.54) is 12.3 Å². The van der Waals surface area contributed by atoms with E-state index in [4.69, 9.17) is 5.11 Å². The van der Waals surface area contributed by atoms with Crippen molar-refractivity contribution < 1.29 is 9.90 Å². The summed E-state index contributed by atoms with van der Waals surface area (Å²) in [6, 6.07) is 13.2. The summed E-state index contributed by atoms with van der Waals surface area (Å²) in [5.74, 6) is -1.02. The lowest BCUT2D eigenvalue weighted by molar-refractivity contribution is 0.0690. The standard InChI is InChI=1S/C13H12N2O2/c16-13(17)12-8-11(6-7-14-12)15-9-10-4-2-1-3-5-10/h1-8H,9H2,(H,14,15)(H,16,17). The van der Waals surface area contributed by atoms with Crippen molar-refractivity contribution in [2.24, 2.45) is 0 Å². The van der Waals surface area contributed by atoms with Crippen LogP contribution >= 0.6 is 0 Å². The number of anilines is 1. The van der Waals surface area contributed by atoms with E-state index in [1.807, 2.05) is 30.3 Å². The molecule has 17 heavy (non-hydrogen) atoms. The Balaban J connectivity index is 2.04. The molecule has 1 aromatic heterocycles. The summed E-state index contributed by atoms with van der Waals surface area (Å²) in [5, 5.41) is 12.0. The van der Waals surface area contributed by atoms with Crippen LogP contribution in [0.15, 0.2) is 48.7 Å². The van der Waals surface area contributed by atoms with Gasteiger partial charge in [-0.15, -0.1) is 0 Å². The Morgan fingerprint density at radius 3 is 2.71 bits per heavy atom. The summed E-state index contributed by atoms with van der Waals surface area (Å²) in [6.45, 7) is 0.657. The SMILES string of the molecule is O=C(O)c1cc(NCc2ccccc2)ccn1. The van der Waals surface area contributed by atoms with Crippen LogP contribution in [0.3, 0.4) is 0 Å². The highest BCUT2D eigenvalue weighted by Gasteiger charge is 2.04. The molecule has 4 heteroatoms. The van der Waals surface area contributed by atoms with Gasteiger partial charge in [0.2, 0.25) is 0 Å². The van der Waals surface area contributed by atoms with Gasteiger partial charge in [0.15, 0.2) is 0 Å². The molecule has 4 nitrogen and oxygen atoms in total. The third-order valence-corrected chi connectivity index (χ3v) is 2.32. The first-order valence-electron chi connectivity index (χ1n) is 5.23. The van der Waals surface area contributed by atoms with Crippen molar-refractivity contribution in [1.82, 2.24) is 4.98 Å². The van der Waals surface area contributed by atoms with Crippen LogP contribution in [-0.2, 0) is 6.54 Å². The fraction of sp³-hybridized carbons (Fsp3) is 0.0769. The molecular weight excluding hydrogens is 216 g/mol. The van der Waals surface area contributed by atoms with Gasteiger partial charge >= 0.3 is 5.97 Å². The van der Waals surface area contributed by atoms with E-state index in [2.05, 4.69) is 10.3 Å². The Morgan fingerprint density at radius 2 is 2.00 bits per heavy atom. The smallest absolute Gasteiger partial charge is 0.354 e. The number of carbonyl (C=O) groups is 1. The van der Waals surface area contributed by atoms with Gasteiger partial charge in [0.1, 0.15) is 5.69 Å². The number of hydrogen-bond acceptors (Lipinski definition) is 3. The molecule has 1 aromatic carbocycles. The van der Waals surface area contributed by atoms with Gasteiger partial charge in [-0.2, -0.15) is 0 Å². The lowest BCUT2D eigenvalue weighted by Crippen LogP contribution is -2.03. The van der Waals surface area contributed by atoms with Crippen molar-refractivity contribution in [3.63, 3.8) is 0 Å². The van der Waals surface area contributed by atoms with E-state index in [9.17, 15) is 4.79 Å². The number of aromatic nitrogens is 1. The van der Waals surface area contributed by atoms with Crippen molar-refractivity contribution in [3.8, 4) is 0 Å². The zero-order valence-corrected chi connectivity index (χ0v) is 9.13. The van der Waals surface area contributed by atoms with E-state index in [-0.39, 0.29) is 5.69 Å². The minimum absolute atomic E-state index is 0.0445. The number of hydrogen-bond donors (Lipinski definition) is 2. The molecule has 2 N–H and O–H groups in total. The molecule has 1 heterocycles. The van der Waals surface area contributed by atoms with Crippen molar-refractivity contribution in [1.29, 1.82) is 0 Å². The topological polar surface area (TPSA) is 62.2 Å². The van der Waals surface area contributed by atoms with E-state index in [1.54, 1.807) is 6.07 Å². The third kappa shape index (κ3) is 3.04. The van der Waals surface area contributed by atoms with Crippen LogP contribution in [0.25, 0.3) is 0 Å². The Morgan fingerprint density at radius 1 is 1.24 bits per heavy atom. The highest BCUT2D eigenvalue weighted by molar-refractivity contribution is 5.86. The average molecular weight is 228 g/mol. The first kappa shape index (κ1) is 11.1. The zero-order valence-electron chi connectivity index (χ0n) is 9.13. The van der Waals surface area contributed by atoms with Gasteiger partial charge in [-0.25, -0.2) is 9.78 Å². The molecule has 2 rings (SSSR count). The number of nitrogens with zero attached hydrogens (tertiary/aromatic N) is 1. The van der Waals surface area contributed by atoms with Crippen LogP contribution < -0.4 is 5.32 Å². The van der Waals surface area contributed by atoms with Gasteiger partial charge in [-0.3, -0.25) is 0 Å². The first-order chi connectivity index (χ1) is 8.25. The number of aromatic carboxylic acids is 1. The zero-order chi connectivity index (χ0) is 12.1. The van der Waals surface area contributed by atoms with Crippen LogP contribution in [0.1, 0.15) is 16.1 Å². The number of nitrogens with one attached hydrogen (secondary N) is 1. The summed E-state index contributed by atoms with van der Waals surface area (Å²) in [7, 11) is 0. The van der Waals surface area contributed by atoms with Gasteiger partial charge in [0.05, 0.1) is 0 Å². The molecule has 0 saturated heterocycles. The van der Waals surface area contributed by atoms with Crippen LogP contribution in [0.4, 0.5) is 5.69 Å². The van der Waals surface area contributed by atoms with E-state index >= 15 is 0 Å². The molecular formula is C13H12N2O2. The molecule has 0 aliphatic heterocycles. The predicted molar refractivity (Wildman–Crippen MR) is 65.0 cm³/mol. The highest BCUT2D eigenvalue weighted by atomic mass is 16.4. The number of carboxylic acid groups (broad SMARTS) is 1. The van der Waals surface area contributed by atoms with Crippen molar-refractivity contribution >= 4 is 11.7 Å². The van der Waals surface area contributed by atoms with Gasteiger partial charge in [-0.1, -0.05) is 30.3 Å². The maximum absolute atomic E-state index is 10.7. The van der Waals surface area contributed by atoms with Gasteiger partial charge in [-0.05, 0) is 17.7 Å². The monoisotopic (exact) mass is 228 g/mol. The molecule has 0 unspecified atom stereocenters. The number of benzene rings is 1. The van der Waals surface area contributed by atoms with E-state index in [0.29, 0.717) is 6.54 Å². The first-order valence-corrected chi connectivity index (χ1v) is 5.23. The fourth-order valence-corrected chi connectivity index (χ4v) is 1.46. The summed E-state index contributed by atoms with van der Waals surface area (Å²) >= 11 is 0. The van der Waals surface area contributed by atoms with Crippen molar-refractivity contribution in [2.75, 3.05) is 5.32 Å². The Bertz CT molecular complexity index is 512. The molecule has 86 valence electrons. The number of carboxylic acids is 1.